The summed E-state index contributed by atoms with van der Waals surface area (Å²) in [5.41, 5.74) is 11.6. The Bertz CT molecular complexity index is 2990. The van der Waals surface area contributed by atoms with Gasteiger partial charge < -0.3 is 4.90 Å². The molecule has 8 aromatic rings. The van der Waals surface area contributed by atoms with Crippen LogP contribution in [0.4, 0.5) is 11.4 Å². The summed E-state index contributed by atoms with van der Waals surface area (Å²) in [6, 6.07) is 54.5. The predicted octanol–water partition coefficient (Wildman–Crippen LogP) is 13.7. The first-order valence-electron chi connectivity index (χ1n) is 20.6. The number of para-hydroxylation sites is 1. The van der Waals surface area contributed by atoms with Crippen molar-refractivity contribution in [3.63, 3.8) is 0 Å². The number of fused-ring (bicyclic) bond motifs is 6. The third kappa shape index (κ3) is 5.78. The third-order valence-electron chi connectivity index (χ3n) is 12.6. The summed E-state index contributed by atoms with van der Waals surface area (Å²) in [6.45, 7) is 4.72. The Kier molecular flexibility index (Phi) is 8.33. The van der Waals surface area contributed by atoms with Gasteiger partial charge in [-0.3, -0.25) is 0 Å². The third-order valence-corrected chi connectivity index (χ3v) is 12.6. The van der Waals surface area contributed by atoms with Crippen LogP contribution in [0.5, 0.6) is 0 Å². The maximum atomic E-state index is 5.15. The van der Waals surface area contributed by atoms with Gasteiger partial charge in [0.25, 0.3) is 0 Å². The number of hydrogen-bond acceptors (Lipinski definition) is 4. The van der Waals surface area contributed by atoms with E-state index in [1.54, 1.807) is 0 Å². The SMILES string of the molecule is CC1CC=CC=C1c1c(-c2ccc(N3c4ccccc4C4(C)C=CC=CC34)cc2)c2cc(-c3nc(-c4ccccc4)nc(-c4ccccc4)n3)ccc2c2ccccc12. The van der Waals surface area contributed by atoms with Crippen LogP contribution in [0.2, 0.25) is 0 Å². The number of allylic oxidation sites excluding steroid dienone is 6. The number of aromatic nitrogens is 3. The first-order valence-corrected chi connectivity index (χ1v) is 20.6. The van der Waals surface area contributed by atoms with Crippen LogP contribution < -0.4 is 4.90 Å². The van der Waals surface area contributed by atoms with Crippen LogP contribution in [-0.2, 0) is 5.41 Å². The summed E-state index contributed by atoms with van der Waals surface area (Å²) in [5, 5.41) is 4.88. The van der Waals surface area contributed by atoms with Gasteiger partial charge in [0, 0.05) is 33.5 Å². The molecule has 11 rings (SSSR count). The highest BCUT2D eigenvalue weighted by Gasteiger charge is 2.46. The van der Waals surface area contributed by atoms with Gasteiger partial charge in [0.15, 0.2) is 17.5 Å². The molecular formula is C55H42N4. The largest absolute Gasteiger partial charge is 0.333 e. The molecule has 4 nitrogen and oxygen atoms in total. The molecule has 4 heteroatoms. The topological polar surface area (TPSA) is 41.9 Å². The zero-order chi connectivity index (χ0) is 39.5. The summed E-state index contributed by atoms with van der Waals surface area (Å²) in [6.07, 6.45) is 16.9. The molecule has 0 saturated carbocycles. The summed E-state index contributed by atoms with van der Waals surface area (Å²) >= 11 is 0. The van der Waals surface area contributed by atoms with Crippen LogP contribution >= 0.6 is 0 Å². The van der Waals surface area contributed by atoms with Gasteiger partial charge in [-0.15, -0.1) is 0 Å². The Balaban J connectivity index is 1.14. The summed E-state index contributed by atoms with van der Waals surface area (Å²) < 4.78 is 0. The van der Waals surface area contributed by atoms with Crippen molar-refractivity contribution in [3.05, 3.63) is 205 Å². The molecule has 0 N–H and O–H groups in total. The highest BCUT2D eigenvalue weighted by atomic mass is 15.2. The number of anilines is 2. The smallest absolute Gasteiger partial charge is 0.164 e. The Hall–Kier alpha value is -7.17. The molecule has 0 bridgehead atoms. The Labute approximate surface area is 345 Å². The minimum atomic E-state index is -0.102. The standard InChI is InChI=1S/C55H42N4/c1-36-17-9-10-22-42(36)51-45-24-12-11-23-43(45)44-33-30-40(54-57-52(38-18-5-3-6-19-38)56-53(58-54)39-20-7-4-8-21-39)35-46(44)50(51)37-28-31-41(32-29-37)59-48-26-14-13-25-47(48)55(2)34-16-15-27-49(55)59/h3-16,18-36,49H,17H2,1-2H3. The van der Waals surface area contributed by atoms with E-state index in [2.05, 4.69) is 177 Å². The van der Waals surface area contributed by atoms with Crippen LogP contribution in [0.3, 0.4) is 0 Å². The number of benzene rings is 7. The van der Waals surface area contributed by atoms with Crippen molar-refractivity contribution in [2.45, 2.75) is 31.7 Å². The van der Waals surface area contributed by atoms with E-state index in [-0.39, 0.29) is 11.5 Å². The minimum absolute atomic E-state index is 0.102. The lowest BCUT2D eigenvalue weighted by Crippen LogP contribution is -2.39. The lowest BCUT2D eigenvalue weighted by Gasteiger charge is -2.34. The summed E-state index contributed by atoms with van der Waals surface area (Å²) in [5.74, 6) is 2.31. The van der Waals surface area contributed by atoms with E-state index in [4.69, 9.17) is 15.0 Å². The van der Waals surface area contributed by atoms with E-state index in [0.29, 0.717) is 23.4 Å². The quantitative estimate of drug-likeness (QED) is 0.158. The minimum Gasteiger partial charge on any atom is -0.333 e. The second kappa shape index (κ2) is 14.0. The van der Waals surface area contributed by atoms with E-state index >= 15 is 0 Å². The lowest BCUT2D eigenvalue weighted by atomic mass is 9.76. The lowest BCUT2D eigenvalue weighted by molar-refractivity contribution is 0.551. The second-order valence-corrected chi connectivity index (χ2v) is 16.2. The molecule has 0 amide bonds. The van der Waals surface area contributed by atoms with Crippen LogP contribution in [0.1, 0.15) is 31.4 Å². The first kappa shape index (κ1) is 35.0. The van der Waals surface area contributed by atoms with Crippen molar-refractivity contribution in [1.29, 1.82) is 0 Å². The van der Waals surface area contributed by atoms with Gasteiger partial charge in [0.2, 0.25) is 0 Å². The molecule has 3 atom stereocenters. The van der Waals surface area contributed by atoms with Gasteiger partial charge in [0.05, 0.1) is 6.04 Å². The highest BCUT2D eigenvalue weighted by molar-refractivity contribution is 6.20. The normalized spacial score (nSPS) is 19.2. The van der Waals surface area contributed by atoms with Gasteiger partial charge in [-0.1, -0.05) is 177 Å². The Morgan fingerprint density at radius 3 is 1.86 bits per heavy atom. The molecule has 0 saturated heterocycles. The van der Waals surface area contributed by atoms with Crippen LogP contribution in [0, 0.1) is 5.92 Å². The van der Waals surface area contributed by atoms with E-state index in [1.165, 1.54) is 60.7 Å². The molecule has 282 valence electrons. The van der Waals surface area contributed by atoms with Gasteiger partial charge in [-0.05, 0) is 92.9 Å². The summed E-state index contributed by atoms with van der Waals surface area (Å²) in [7, 11) is 0. The zero-order valence-corrected chi connectivity index (χ0v) is 33.1. The fourth-order valence-electron chi connectivity index (χ4n) is 9.65. The van der Waals surface area contributed by atoms with Crippen LogP contribution in [-0.4, -0.2) is 21.0 Å². The molecular weight excluding hydrogens is 717 g/mol. The van der Waals surface area contributed by atoms with Crippen molar-refractivity contribution in [1.82, 2.24) is 15.0 Å². The van der Waals surface area contributed by atoms with E-state index < -0.39 is 0 Å². The summed E-state index contributed by atoms with van der Waals surface area (Å²) in [4.78, 5) is 17.8. The molecule has 59 heavy (non-hydrogen) atoms. The van der Waals surface area contributed by atoms with E-state index in [9.17, 15) is 0 Å². The fourth-order valence-corrected chi connectivity index (χ4v) is 9.65. The average molecular weight is 759 g/mol. The second-order valence-electron chi connectivity index (χ2n) is 16.2. The van der Waals surface area contributed by atoms with Crippen LogP contribution in [0.25, 0.3) is 72.4 Å². The van der Waals surface area contributed by atoms with Crippen molar-refractivity contribution < 1.29 is 0 Å². The molecule has 3 unspecified atom stereocenters. The van der Waals surface area contributed by atoms with Gasteiger partial charge in [0.1, 0.15) is 0 Å². The fraction of sp³-hybridized carbons (Fsp3) is 0.109. The van der Waals surface area contributed by atoms with Gasteiger partial charge in [-0.25, -0.2) is 15.0 Å². The maximum absolute atomic E-state index is 5.15. The molecule has 0 radical (unpaired) electrons. The predicted molar refractivity (Wildman–Crippen MR) is 245 cm³/mol. The van der Waals surface area contributed by atoms with E-state index in [1.807, 2.05) is 36.4 Å². The molecule has 1 aliphatic heterocycles. The number of rotatable bonds is 6. The maximum Gasteiger partial charge on any atom is 0.164 e. The Morgan fingerprint density at radius 2 is 1.15 bits per heavy atom. The monoisotopic (exact) mass is 758 g/mol. The Morgan fingerprint density at radius 1 is 0.542 bits per heavy atom. The molecule has 1 aromatic heterocycles. The highest BCUT2D eigenvalue weighted by Crippen LogP contribution is 2.52. The zero-order valence-electron chi connectivity index (χ0n) is 33.1. The molecule has 7 aromatic carbocycles. The first-order chi connectivity index (χ1) is 29.0. The van der Waals surface area contributed by atoms with Crippen molar-refractivity contribution in [2.24, 2.45) is 5.92 Å². The van der Waals surface area contributed by atoms with Gasteiger partial charge >= 0.3 is 0 Å². The molecule has 0 spiro atoms. The van der Waals surface area contributed by atoms with Crippen molar-refractivity contribution in [2.75, 3.05) is 4.90 Å². The average Bonchev–Trinajstić information content (AvgIpc) is 3.57. The van der Waals surface area contributed by atoms with Crippen LogP contribution in [0.15, 0.2) is 194 Å². The molecule has 3 aliphatic rings. The number of nitrogens with zero attached hydrogens (tertiary/aromatic N) is 4. The van der Waals surface area contributed by atoms with Crippen molar-refractivity contribution >= 4 is 38.5 Å². The molecule has 0 fully saturated rings. The molecule has 2 heterocycles. The van der Waals surface area contributed by atoms with E-state index in [0.717, 1.165) is 23.1 Å². The van der Waals surface area contributed by atoms with Gasteiger partial charge in [-0.2, -0.15) is 0 Å². The number of hydrogen-bond donors (Lipinski definition) is 0. The molecule has 2 aliphatic carbocycles. The van der Waals surface area contributed by atoms with Crippen molar-refractivity contribution in [3.8, 4) is 45.3 Å².